The molecule has 0 unspecified atom stereocenters. The lowest BCUT2D eigenvalue weighted by Crippen LogP contribution is -2.21. The van der Waals surface area contributed by atoms with E-state index in [0.29, 0.717) is 22.0 Å². The summed E-state index contributed by atoms with van der Waals surface area (Å²) >= 11 is 5.89. The number of anilines is 1. The molecule has 0 heterocycles. The maximum atomic E-state index is 12.0. The minimum atomic E-state index is -0.699. The van der Waals surface area contributed by atoms with Gasteiger partial charge in [-0.3, -0.25) is 4.79 Å². The molecule has 2 aromatic carbocycles. The smallest absolute Gasteiger partial charge is 0.338 e. The Morgan fingerprint density at radius 3 is 2.15 bits per heavy atom. The zero-order valence-corrected chi connectivity index (χ0v) is 14.8. The number of carbonyl (C=O) groups excluding carboxylic acids is 3. The number of benzene rings is 2. The van der Waals surface area contributed by atoms with Crippen molar-refractivity contribution < 1.29 is 28.6 Å². The molecule has 2 rings (SSSR count). The van der Waals surface area contributed by atoms with Crippen molar-refractivity contribution in [3.8, 4) is 5.75 Å². The Labute approximate surface area is 154 Å². The predicted molar refractivity (Wildman–Crippen MR) is 94.7 cm³/mol. The maximum absolute atomic E-state index is 12.0. The first-order chi connectivity index (χ1) is 12.4. The number of nitrogens with one attached hydrogen (secondary N) is 1. The van der Waals surface area contributed by atoms with Crippen LogP contribution in [0.5, 0.6) is 5.75 Å². The van der Waals surface area contributed by atoms with Crippen LogP contribution < -0.4 is 10.1 Å². The molecule has 0 atom stereocenters. The van der Waals surface area contributed by atoms with Gasteiger partial charge < -0.3 is 19.5 Å². The van der Waals surface area contributed by atoms with Gasteiger partial charge in [0.2, 0.25) is 0 Å². The van der Waals surface area contributed by atoms with Crippen LogP contribution in [0.25, 0.3) is 0 Å². The van der Waals surface area contributed by atoms with Gasteiger partial charge in [-0.25, -0.2) is 9.59 Å². The van der Waals surface area contributed by atoms with E-state index < -0.39 is 24.5 Å². The fourth-order valence-electron chi connectivity index (χ4n) is 2.04. The first-order valence-electron chi connectivity index (χ1n) is 7.43. The molecule has 0 saturated heterocycles. The van der Waals surface area contributed by atoms with Crippen molar-refractivity contribution in [1.29, 1.82) is 0 Å². The van der Waals surface area contributed by atoms with Gasteiger partial charge in [-0.2, -0.15) is 0 Å². The SMILES string of the molecule is COC(=O)c1ccc(C(=O)OCC(=O)Nc2cc(Cl)ccc2OC)cc1. The molecule has 0 fully saturated rings. The van der Waals surface area contributed by atoms with E-state index in [1.54, 1.807) is 12.1 Å². The molecule has 1 amide bonds. The third kappa shape index (κ3) is 4.97. The Morgan fingerprint density at radius 2 is 1.58 bits per heavy atom. The molecule has 0 bridgehead atoms. The summed E-state index contributed by atoms with van der Waals surface area (Å²) in [4.78, 5) is 35.3. The molecular formula is C18H16ClNO6. The molecule has 0 radical (unpaired) electrons. The average Bonchev–Trinajstić information content (AvgIpc) is 2.65. The zero-order chi connectivity index (χ0) is 19.1. The Hall–Kier alpha value is -3.06. The van der Waals surface area contributed by atoms with Crippen molar-refractivity contribution in [3.63, 3.8) is 0 Å². The van der Waals surface area contributed by atoms with Crippen LogP contribution in [0.2, 0.25) is 5.02 Å². The third-order valence-electron chi connectivity index (χ3n) is 3.31. The average molecular weight is 378 g/mol. The number of esters is 2. The topological polar surface area (TPSA) is 90.9 Å². The highest BCUT2D eigenvalue weighted by Gasteiger charge is 2.13. The van der Waals surface area contributed by atoms with Gasteiger partial charge in [-0.1, -0.05) is 11.6 Å². The fourth-order valence-corrected chi connectivity index (χ4v) is 2.21. The van der Waals surface area contributed by atoms with Gasteiger partial charge >= 0.3 is 11.9 Å². The predicted octanol–water partition coefficient (Wildman–Crippen LogP) is 2.93. The summed E-state index contributed by atoms with van der Waals surface area (Å²) in [5.41, 5.74) is 0.865. The Balaban J connectivity index is 1.94. The number of halogens is 1. The van der Waals surface area contributed by atoms with Gasteiger partial charge in [-0.05, 0) is 42.5 Å². The largest absolute Gasteiger partial charge is 0.495 e. The molecule has 0 aliphatic heterocycles. The van der Waals surface area contributed by atoms with Gasteiger partial charge in [0, 0.05) is 5.02 Å². The van der Waals surface area contributed by atoms with E-state index in [2.05, 4.69) is 10.1 Å². The number of methoxy groups -OCH3 is 2. The van der Waals surface area contributed by atoms with Gasteiger partial charge in [-0.15, -0.1) is 0 Å². The van der Waals surface area contributed by atoms with Crippen LogP contribution in [0.15, 0.2) is 42.5 Å². The summed E-state index contributed by atoms with van der Waals surface area (Å²) in [5, 5.41) is 2.97. The van der Waals surface area contributed by atoms with Crippen molar-refractivity contribution in [2.24, 2.45) is 0 Å². The lowest BCUT2D eigenvalue weighted by atomic mass is 10.1. The highest BCUT2D eigenvalue weighted by molar-refractivity contribution is 6.31. The van der Waals surface area contributed by atoms with Crippen molar-refractivity contribution in [2.75, 3.05) is 26.1 Å². The minimum Gasteiger partial charge on any atom is -0.495 e. The number of hydrogen-bond donors (Lipinski definition) is 1. The molecular weight excluding hydrogens is 362 g/mol. The van der Waals surface area contributed by atoms with E-state index in [1.807, 2.05) is 0 Å². The quantitative estimate of drug-likeness (QED) is 0.778. The van der Waals surface area contributed by atoms with E-state index >= 15 is 0 Å². The molecule has 8 heteroatoms. The Bertz CT molecular complexity index is 819. The van der Waals surface area contributed by atoms with Gasteiger partial charge in [0.25, 0.3) is 5.91 Å². The van der Waals surface area contributed by atoms with Gasteiger partial charge in [0.15, 0.2) is 6.61 Å². The van der Waals surface area contributed by atoms with Crippen LogP contribution in [0.4, 0.5) is 5.69 Å². The number of hydrogen-bond acceptors (Lipinski definition) is 6. The summed E-state index contributed by atoms with van der Waals surface area (Å²) in [5.74, 6) is -1.34. The van der Waals surface area contributed by atoms with E-state index in [1.165, 1.54) is 44.6 Å². The number of amides is 1. The lowest BCUT2D eigenvalue weighted by molar-refractivity contribution is -0.119. The second-order valence-electron chi connectivity index (χ2n) is 5.04. The molecule has 0 spiro atoms. The number of rotatable bonds is 6. The summed E-state index contributed by atoms with van der Waals surface area (Å²) in [7, 11) is 2.72. The van der Waals surface area contributed by atoms with Crippen LogP contribution in [-0.2, 0) is 14.3 Å². The number of ether oxygens (including phenoxy) is 3. The molecule has 1 N–H and O–H groups in total. The van der Waals surface area contributed by atoms with E-state index in [9.17, 15) is 14.4 Å². The van der Waals surface area contributed by atoms with Gasteiger partial charge in [0.1, 0.15) is 5.75 Å². The first kappa shape index (κ1) is 19.3. The standard InChI is InChI=1S/C18H16ClNO6/c1-24-15-8-7-13(19)9-14(15)20-16(21)10-26-18(23)12-5-3-11(4-6-12)17(22)25-2/h3-9H,10H2,1-2H3,(H,20,21). The van der Waals surface area contributed by atoms with Crippen molar-refractivity contribution in [3.05, 3.63) is 58.6 Å². The van der Waals surface area contributed by atoms with Crippen LogP contribution in [0, 0.1) is 0 Å². The summed E-state index contributed by atoms with van der Waals surface area (Å²) < 4.78 is 14.6. The summed E-state index contributed by atoms with van der Waals surface area (Å²) in [6.07, 6.45) is 0. The zero-order valence-electron chi connectivity index (χ0n) is 14.1. The number of carbonyl (C=O) groups is 3. The maximum Gasteiger partial charge on any atom is 0.338 e. The van der Waals surface area contributed by atoms with E-state index in [-0.39, 0.29) is 5.56 Å². The Morgan fingerprint density at radius 1 is 0.962 bits per heavy atom. The molecule has 0 aromatic heterocycles. The summed E-state index contributed by atoms with van der Waals surface area (Å²) in [6.45, 7) is -0.493. The monoisotopic (exact) mass is 377 g/mol. The molecule has 7 nitrogen and oxygen atoms in total. The molecule has 2 aromatic rings. The molecule has 136 valence electrons. The van der Waals surface area contributed by atoms with Crippen molar-refractivity contribution >= 4 is 35.1 Å². The second kappa shape index (κ2) is 8.87. The summed E-state index contributed by atoms with van der Waals surface area (Å²) in [6, 6.07) is 10.4. The Kier molecular flexibility index (Phi) is 6.57. The highest BCUT2D eigenvalue weighted by Crippen LogP contribution is 2.27. The van der Waals surface area contributed by atoms with Crippen molar-refractivity contribution in [2.45, 2.75) is 0 Å². The third-order valence-corrected chi connectivity index (χ3v) is 3.55. The molecule has 0 aliphatic carbocycles. The molecule has 0 saturated carbocycles. The van der Waals surface area contributed by atoms with Crippen LogP contribution >= 0.6 is 11.6 Å². The second-order valence-corrected chi connectivity index (χ2v) is 5.47. The minimum absolute atomic E-state index is 0.200. The van der Waals surface area contributed by atoms with E-state index in [0.717, 1.165) is 0 Å². The normalized spacial score (nSPS) is 9.96. The van der Waals surface area contributed by atoms with Crippen LogP contribution in [0.3, 0.4) is 0 Å². The van der Waals surface area contributed by atoms with Crippen LogP contribution in [-0.4, -0.2) is 38.7 Å². The lowest BCUT2D eigenvalue weighted by Gasteiger charge is -2.11. The first-order valence-corrected chi connectivity index (χ1v) is 7.81. The highest BCUT2D eigenvalue weighted by atomic mass is 35.5. The van der Waals surface area contributed by atoms with Crippen molar-refractivity contribution in [1.82, 2.24) is 0 Å². The van der Waals surface area contributed by atoms with Gasteiger partial charge in [0.05, 0.1) is 31.0 Å². The fraction of sp³-hybridized carbons (Fsp3) is 0.167. The molecule has 26 heavy (non-hydrogen) atoms. The molecule has 0 aliphatic rings. The van der Waals surface area contributed by atoms with Crippen LogP contribution in [0.1, 0.15) is 20.7 Å². The van der Waals surface area contributed by atoms with E-state index in [4.69, 9.17) is 21.1 Å².